The molecule has 0 aliphatic heterocycles. The van der Waals surface area contributed by atoms with Gasteiger partial charge in [-0.3, -0.25) is 0 Å². The molecule has 82 valence electrons. The van der Waals surface area contributed by atoms with Crippen LogP contribution in [0.3, 0.4) is 0 Å². The molecular formula is C12H17NO2. The average molecular weight is 207 g/mol. The number of rotatable bonds is 4. The highest BCUT2D eigenvalue weighted by Gasteiger charge is 2.36. The van der Waals surface area contributed by atoms with Crippen LogP contribution >= 0.6 is 0 Å². The molecule has 1 aromatic rings. The lowest BCUT2D eigenvalue weighted by molar-refractivity contribution is 0.439. The fourth-order valence-electron chi connectivity index (χ4n) is 1.59. The van der Waals surface area contributed by atoms with Crippen LogP contribution in [-0.4, -0.2) is 16.8 Å². The SMILES string of the molecule is CC1(CNCc2ccc(O)cc2O)CC1. The van der Waals surface area contributed by atoms with Crippen molar-refractivity contribution in [1.29, 1.82) is 0 Å². The van der Waals surface area contributed by atoms with Crippen LogP contribution in [0.2, 0.25) is 0 Å². The van der Waals surface area contributed by atoms with Crippen molar-refractivity contribution in [3.63, 3.8) is 0 Å². The topological polar surface area (TPSA) is 52.5 Å². The number of phenols is 2. The Morgan fingerprint density at radius 3 is 2.67 bits per heavy atom. The van der Waals surface area contributed by atoms with E-state index in [9.17, 15) is 5.11 Å². The summed E-state index contributed by atoms with van der Waals surface area (Å²) >= 11 is 0. The summed E-state index contributed by atoms with van der Waals surface area (Å²) in [7, 11) is 0. The van der Waals surface area contributed by atoms with Crippen LogP contribution in [0.4, 0.5) is 0 Å². The van der Waals surface area contributed by atoms with E-state index in [1.807, 2.05) is 0 Å². The first kappa shape index (κ1) is 10.3. The van der Waals surface area contributed by atoms with Gasteiger partial charge in [-0.25, -0.2) is 0 Å². The number of aromatic hydroxyl groups is 2. The Bertz CT molecular complexity index is 359. The van der Waals surface area contributed by atoms with E-state index in [4.69, 9.17) is 5.11 Å². The van der Waals surface area contributed by atoms with Crippen LogP contribution < -0.4 is 5.32 Å². The summed E-state index contributed by atoms with van der Waals surface area (Å²) in [4.78, 5) is 0. The third-order valence-electron chi connectivity index (χ3n) is 3.04. The van der Waals surface area contributed by atoms with Crippen LogP contribution in [0.5, 0.6) is 11.5 Å². The summed E-state index contributed by atoms with van der Waals surface area (Å²) in [6, 6.07) is 4.71. The van der Waals surface area contributed by atoms with Crippen molar-refractivity contribution in [3.8, 4) is 11.5 Å². The minimum atomic E-state index is 0.102. The lowest BCUT2D eigenvalue weighted by atomic mass is 10.1. The van der Waals surface area contributed by atoms with Crippen LogP contribution in [0.1, 0.15) is 25.3 Å². The van der Waals surface area contributed by atoms with Crippen LogP contribution in [0.25, 0.3) is 0 Å². The summed E-state index contributed by atoms with van der Waals surface area (Å²) in [5.41, 5.74) is 1.31. The van der Waals surface area contributed by atoms with E-state index >= 15 is 0 Å². The molecule has 0 aromatic heterocycles. The Morgan fingerprint density at radius 2 is 2.07 bits per heavy atom. The van der Waals surface area contributed by atoms with E-state index in [0.717, 1.165) is 12.1 Å². The zero-order chi connectivity index (χ0) is 10.9. The Labute approximate surface area is 89.8 Å². The number of hydrogen-bond acceptors (Lipinski definition) is 3. The van der Waals surface area contributed by atoms with Gasteiger partial charge in [0.25, 0.3) is 0 Å². The first-order valence-corrected chi connectivity index (χ1v) is 5.31. The monoisotopic (exact) mass is 207 g/mol. The minimum Gasteiger partial charge on any atom is -0.508 e. The molecule has 1 aromatic carbocycles. The smallest absolute Gasteiger partial charge is 0.123 e. The quantitative estimate of drug-likeness (QED) is 0.707. The molecule has 0 radical (unpaired) electrons. The molecule has 1 saturated carbocycles. The lowest BCUT2D eigenvalue weighted by Gasteiger charge is -2.10. The number of benzene rings is 1. The van der Waals surface area contributed by atoms with Crippen molar-refractivity contribution >= 4 is 0 Å². The molecule has 0 bridgehead atoms. The van der Waals surface area contributed by atoms with E-state index in [2.05, 4.69) is 12.2 Å². The molecule has 0 spiro atoms. The Kier molecular flexibility index (Phi) is 2.57. The van der Waals surface area contributed by atoms with Gasteiger partial charge in [-0.15, -0.1) is 0 Å². The normalized spacial score (nSPS) is 17.7. The summed E-state index contributed by atoms with van der Waals surface area (Å²) in [5, 5.41) is 22.0. The third-order valence-corrected chi connectivity index (χ3v) is 3.04. The Morgan fingerprint density at radius 1 is 1.33 bits per heavy atom. The zero-order valence-corrected chi connectivity index (χ0v) is 8.95. The lowest BCUT2D eigenvalue weighted by Crippen LogP contribution is -2.21. The van der Waals surface area contributed by atoms with Crippen molar-refractivity contribution in [3.05, 3.63) is 23.8 Å². The summed E-state index contributed by atoms with van der Waals surface area (Å²) < 4.78 is 0. The van der Waals surface area contributed by atoms with E-state index in [0.29, 0.717) is 12.0 Å². The molecule has 1 aliphatic rings. The maximum absolute atomic E-state index is 9.54. The van der Waals surface area contributed by atoms with Gasteiger partial charge in [0, 0.05) is 24.7 Å². The van der Waals surface area contributed by atoms with Gasteiger partial charge in [0.15, 0.2) is 0 Å². The van der Waals surface area contributed by atoms with E-state index in [1.54, 1.807) is 12.1 Å². The van der Waals surface area contributed by atoms with Gasteiger partial charge >= 0.3 is 0 Å². The first-order valence-electron chi connectivity index (χ1n) is 5.31. The Balaban J connectivity index is 1.87. The van der Waals surface area contributed by atoms with Crippen LogP contribution in [0.15, 0.2) is 18.2 Å². The molecular weight excluding hydrogens is 190 g/mol. The van der Waals surface area contributed by atoms with E-state index in [1.165, 1.54) is 18.9 Å². The van der Waals surface area contributed by atoms with Crippen molar-refractivity contribution in [2.45, 2.75) is 26.3 Å². The van der Waals surface area contributed by atoms with Crippen LogP contribution in [-0.2, 0) is 6.54 Å². The van der Waals surface area contributed by atoms with Crippen molar-refractivity contribution in [2.24, 2.45) is 5.41 Å². The minimum absolute atomic E-state index is 0.102. The standard InChI is InChI=1S/C12H17NO2/c1-12(4-5-12)8-13-7-9-2-3-10(14)6-11(9)15/h2-3,6,13-15H,4-5,7-8H2,1H3. The summed E-state index contributed by atoms with van der Waals surface area (Å²) in [6.07, 6.45) is 2.59. The highest BCUT2D eigenvalue weighted by molar-refractivity contribution is 5.38. The average Bonchev–Trinajstić information content (AvgIpc) is 2.88. The predicted molar refractivity (Wildman–Crippen MR) is 58.8 cm³/mol. The molecule has 2 rings (SSSR count). The largest absolute Gasteiger partial charge is 0.508 e. The van der Waals surface area contributed by atoms with Crippen molar-refractivity contribution in [1.82, 2.24) is 5.32 Å². The molecule has 1 fully saturated rings. The summed E-state index contributed by atoms with van der Waals surface area (Å²) in [5.74, 6) is 0.258. The molecule has 0 heterocycles. The van der Waals surface area contributed by atoms with Gasteiger partial charge in [-0.1, -0.05) is 13.0 Å². The van der Waals surface area contributed by atoms with Gasteiger partial charge in [0.05, 0.1) is 0 Å². The molecule has 0 unspecified atom stereocenters. The maximum atomic E-state index is 9.54. The van der Waals surface area contributed by atoms with Gasteiger partial charge in [-0.2, -0.15) is 0 Å². The fraction of sp³-hybridized carbons (Fsp3) is 0.500. The van der Waals surface area contributed by atoms with Crippen molar-refractivity contribution < 1.29 is 10.2 Å². The zero-order valence-electron chi connectivity index (χ0n) is 8.95. The number of phenolic OH excluding ortho intramolecular Hbond substituents is 2. The molecule has 0 amide bonds. The van der Waals surface area contributed by atoms with Gasteiger partial charge in [0.2, 0.25) is 0 Å². The fourth-order valence-corrected chi connectivity index (χ4v) is 1.59. The molecule has 3 nitrogen and oxygen atoms in total. The summed E-state index contributed by atoms with van der Waals surface area (Å²) in [6.45, 7) is 3.91. The number of hydrogen-bond donors (Lipinski definition) is 3. The van der Waals surface area contributed by atoms with E-state index in [-0.39, 0.29) is 11.5 Å². The number of nitrogens with one attached hydrogen (secondary N) is 1. The molecule has 15 heavy (non-hydrogen) atoms. The highest BCUT2D eigenvalue weighted by Crippen LogP contribution is 2.44. The Hall–Kier alpha value is -1.22. The highest BCUT2D eigenvalue weighted by atomic mass is 16.3. The molecule has 3 heteroatoms. The van der Waals surface area contributed by atoms with E-state index < -0.39 is 0 Å². The first-order chi connectivity index (χ1) is 7.09. The second-order valence-electron chi connectivity index (χ2n) is 4.73. The molecule has 1 aliphatic carbocycles. The van der Waals surface area contributed by atoms with Gasteiger partial charge < -0.3 is 15.5 Å². The molecule has 0 atom stereocenters. The third kappa shape index (κ3) is 2.63. The van der Waals surface area contributed by atoms with Crippen LogP contribution in [0, 0.1) is 5.41 Å². The predicted octanol–water partition coefficient (Wildman–Crippen LogP) is 1.99. The maximum Gasteiger partial charge on any atom is 0.123 e. The van der Waals surface area contributed by atoms with Crippen molar-refractivity contribution in [2.75, 3.05) is 6.54 Å². The second kappa shape index (κ2) is 3.74. The molecule has 0 saturated heterocycles. The van der Waals surface area contributed by atoms with Gasteiger partial charge in [-0.05, 0) is 24.3 Å². The molecule has 3 N–H and O–H groups in total. The van der Waals surface area contributed by atoms with Gasteiger partial charge in [0.1, 0.15) is 11.5 Å². The second-order valence-corrected chi connectivity index (χ2v) is 4.73.